The Bertz CT molecular complexity index is 368. The summed E-state index contributed by atoms with van der Waals surface area (Å²) in [7, 11) is 0. The van der Waals surface area contributed by atoms with Crippen molar-refractivity contribution in [1.82, 2.24) is 10.2 Å². The Morgan fingerprint density at radius 3 is 2.18 bits per heavy atom. The third-order valence-corrected chi connectivity index (χ3v) is 6.23. The maximum atomic E-state index is 12.1. The zero-order chi connectivity index (χ0) is 14.1. The zero-order valence-electron chi connectivity index (χ0n) is 13.1. The molecule has 1 amide bonds. The van der Waals surface area contributed by atoms with Crippen LogP contribution in [0.25, 0.3) is 0 Å². The molecule has 0 atom stereocenters. The molecule has 0 bridgehead atoms. The normalized spacial score (nSPS) is 26.2. The minimum Gasteiger partial charge on any atom is -0.353 e. The average Bonchev–Trinajstić information content (AvgIpc) is 3.26. The van der Waals surface area contributed by atoms with Crippen molar-refractivity contribution in [1.29, 1.82) is 0 Å². The van der Waals surface area contributed by atoms with Gasteiger partial charge in [-0.25, -0.2) is 0 Å². The van der Waals surface area contributed by atoms with E-state index >= 15 is 0 Å². The molecule has 3 aliphatic rings. The standard InChI is InChI=1S/C15H27N3OS.2ClH/c16-15(6-7-15)13(19)17-12-14(4-2-1-3-5-14)18-8-10-20-11-9-18;;/h1-12,16H2,(H,17,19);2*1H. The highest BCUT2D eigenvalue weighted by Gasteiger charge is 2.47. The van der Waals surface area contributed by atoms with E-state index in [1.165, 1.54) is 56.7 Å². The van der Waals surface area contributed by atoms with Crippen molar-refractivity contribution in [3.8, 4) is 0 Å². The molecule has 2 saturated carbocycles. The fourth-order valence-corrected chi connectivity index (χ4v) is 4.54. The van der Waals surface area contributed by atoms with E-state index in [9.17, 15) is 4.79 Å². The van der Waals surface area contributed by atoms with Crippen LogP contribution in [-0.2, 0) is 4.79 Å². The average molecular weight is 370 g/mol. The number of nitrogens with two attached hydrogens (primary N) is 1. The number of nitrogens with zero attached hydrogens (tertiary/aromatic N) is 1. The minimum absolute atomic E-state index is 0. The summed E-state index contributed by atoms with van der Waals surface area (Å²) in [4.78, 5) is 14.8. The number of hydrogen-bond donors (Lipinski definition) is 2. The van der Waals surface area contributed by atoms with Gasteiger partial charge in [-0.15, -0.1) is 24.8 Å². The summed E-state index contributed by atoms with van der Waals surface area (Å²) in [6, 6.07) is 0. The van der Waals surface area contributed by atoms with Gasteiger partial charge in [0.2, 0.25) is 5.91 Å². The lowest BCUT2D eigenvalue weighted by molar-refractivity contribution is -0.124. The second kappa shape index (κ2) is 8.43. The lowest BCUT2D eigenvalue weighted by atomic mass is 9.80. The van der Waals surface area contributed by atoms with Crippen molar-refractivity contribution in [2.45, 2.75) is 56.0 Å². The van der Waals surface area contributed by atoms with Gasteiger partial charge in [0.05, 0.1) is 5.54 Å². The van der Waals surface area contributed by atoms with E-state index in [4.69, 9.17) is 5.73 Å². The largest absolute Gasteiger partial charge is 0.353 e. The molecule has 130 valence electrons. The van der Waals surface area contributed by atoms with Crippen molar-refractivity contribution >= 4 is 42.5 Å². The van der Waals surface area contributed by atoms with Gasteiger partial charge in [-0.1, -0.05) is 19.3 Å². The van der Waals surface area contributed by atoms with Gasteiger partial charge in [0.25, 0.3) is 0 Å². The molecule has 0 spiro atoms. The van der Waals surface area contributed by atoms with Gasteiger partial charge in [-0.3, -0.25) is 9.69 Å². The number of carbonyl (C=O) groups is 1. The van der Waals surface area contributed by atoms with E-state index in [1.54, 1.807) is 0 Å². The third kappa shape index (κ3) is 4.44. The summed E-state index contributed by atoms with van der Waals surface area (Å²) in [6.45, 7) is 3.15. The number of amides is 1. The molecule has 2 aliphatic carbocycles. The topological polar surface area (TPSA) is 58.4 Å². The monoisotopic (exact) mass is 369 g/mol. The maximum Gasteiger partial charge on any atom is 0.240 e. The molecule has 3 fully saturated rings. The molecule has 0 radical (unpaired) electrons. The highest BCUT2D eigenvalue weighted by atomic mass is 35.5. The Morgan fingerprint density at radius 2 is 1.64 bits per heavy atom. The number of halogens is 2. The molecular weight excluding hydrogens is 341 g/mol. The first-order valence-electron chi connectivity index (χ1n) is 8.05. The van der Waals surface area contributed by atoms with Gasteiger partial charge in [0.15, 0.2) is 0 Å². The maximum absolute atomic E-state index is 12.1. The Kier molecular flexibility index (Phi) is 7.80. The van der Waals surface area contributed by atoms with E-state index < -0.39 is 5.54 Å². The number of nitrogens with one attached hydrogen (secondary N) is 1. The van der Waals surface area contributed by atoms with Crippen LogP contribution in [-0.4, -0.2) is 53.0 Å². The van der Waals surface area contributed by atoms with Crippen molar-refractivity contribution in [2.24, 2.45) is 5.73 Å². The van der Waals surface area contributed by atoms with Crippen LogP contribution in [0.1, 0.15) is 44.9 Å². The van der Waals surface area contributed by atoms with Gasteiger partial charge < -0.3 is 11.1 Å². The van der Waals surface area contributed by atoms with Crippen molar-refractivity contribution in [2.75, 3.05) is 31.1 Å². The highest BCUT2D eigenvalue weighted by molar-refractivity contribution is 7.99. The molecule has 1 saturated heterocycles. The van der Waals surface area contributed by atoms with Gasteiger partial charge in [0.1, 0.15) is 0 Å². The van der Waals surface area contributed by atoms with Crippen LogP contribution >= 0.6 is 36.6 Å². The van der Waals surface area contributed by atoms with Crippen LogP contribution in [0.15, 0.2) is 0 Å². The first-order chi connectivity index (χ1) is 9.65. The molecule has 0 aromatic heterocycles. The van der Waals surface area contributed by atoms with Crippen LogP contribution in [0.4, 0.5) is 0 Å². The number of carbonyl (C=O) groups excluding carboxylic acids is 1. The van der Waals surface area contributed by atoms with Gasteiger partial charge >= 0.3 is 0 Å². The summed E-state index contributed by atoms with van der Waals surface area (Å²) in [5, 5.41) is 3.18. The quantitative estimate of drug-likeness (QED) is 0.797. The Morgan fingerprint density at radius 1 is 1.05 bits per heavy atom. The molecule has 22 heavy (non-hydrogen) atoms. The van der Waals surface area contributed by atoms with E-state index in [0.29, 0.717) is 0 Å². The van der Waals surface area contributed by atoms with Gasteiger partial charge in [0, 0.05) is 36.7 Å². The van der Waals surface area contributed by atoms with Crippen LogP contribution in [0.2, 0.25) is 0 Å². The molecule has 0 unspecified atom stereocenters. The third-order valence-electron chi connectivity index (χ3n) is 5.29. The number of rotatable bonds is 4. The first kappa shape index (κ1) is 20.4. The van der Waals surface area contributed by atoms with Gasteiger partial charge in [-0.05, 0) is 25.7 Å². The van der Waals surface area contributed by atoms with Crippen LogP contribution in [0.3, 0.4) is 0 Å². The van der Waals surface area contributed by atoms with E-state index in [0.717, 1.165) is 19.4 Å². The summed E-state index contributed by atoms with van der Waals surface area (Å²) < 4.78 is 0. The van der Waals surface area contributed by atoms with E-state index in [2.05, 4.69) is 22.0 Å². The zero-order valence-corrected chi connectivity index (χ0v) is 15.6. The van der Waals surface area contributed by atoms with Gasteiger partial charge in [-0.2, -0.15) is 11.8 Å². The Hall–Kier alpha value is 0.320. The highest BCUT2D eigenvalue weighted by Crippen LogP contribution is 2.36. The predicted octanol–water partition coefficient (Wildman–Crippen LogP) is 2.19. The number of hydrogen-bond acceptors (Lipinski definition) is 4. The Labute approximate surface area is 150 Å². The fraction of sp³-hybridized carbons (Fsp3) is 0.933. The second-order valence-electron chi connectivity index (χ2n) is 6.72. The fourth-order valence-electron chi connectivity index (χ4n) is 3.63. The second-order valence-corrected chi connectivity index (χ2v) is 7.95. The van der Waals surface area contributed by atoms with Crippen LogP contribution in [0, 0.1) is 0 Å². The predicted molar refractivity (Wildman–Crippen MR) is 98.4 cm³/mol. The molecule has 1 heterocycles. The van der Waals surface area contributed by atoms with Crippen LogP contribution in [0.5, 0.6) is 0 Å². The van der Waals surface area contributed by atoms with Crippen molar-refractivity contribution in [3.63, 3.8) is 0 Å². The molecule has 7 heteroatoms. The summed E-state index contributed by atoms with van der Waals surface area (Å²) in [5.41, 5.74) is 5.67. The van der Waals surface area contributed by atoms with Crippen LogP contribution < -0.4 is 11.1 Å². The molecule has 3 N–H and O–H groups in total. The lowest BCUT2D eigenvalue weighted by Crippen LogP contribution is -2.60. The summed E-state index contributed by atoms with van der Waals surface area (Å²) in [5.74, 6) is 2.54. The molecule has 4 nitrogen and oxygen atoms in total. The SMILES string of the molecule is Cl.Cl.NC1(C(=O)NCC2(N3CCSCC3)CCCCC2)CC1. The van der Waals surface area contributed by atoms with Crippen molar-refractivity contribution < 1.29 is 4.79 Å². The molecule has 1 aliphatic heterocycles. The first-order valence-corrected chi connectivity index (χ1v) is 9.20. The minimum atomic E-state index is -0.534. The summed E-state index contributed by atoms with van der Waals surface area (Å²) in [6.07, 6.45) is 8.11. The van der Waals surface area contributed by atoms with E-state index in [-0.39, 0.29) is 36.3 Å². The molecule has 0 aromatic rings. The van der Waals surface area contributed by atoms with Crippen molar-refractivity contribution in [3.05, 3.63) is 0 Å². The molecular formula is C15H29Cl2N3OS. The molecule has 0 aromatic carbocycles. The Balaban J connectivity index is 0.00000121. The summed E-state index contributed by atoms with van der Waals surface area (Å²) >= 11 is 2.05. The number of thioether (sulfide) groups is 1. The lowest BCUT2D eigenvalue weighted by Gasteiger charge is -2.48. The smallest absolute Gasteiger partial charge is 0.240 e. The molecule has 3 rings (SSSR count). The van der Waals surface area contributed by atoms with E-state index in [1.807, 2.05) is 0 Å².